The average molecular weight is 433 g/mol. The number of hydrogen-bond donors (Lipinski definition) is 1. The zero-order valence-electron chi connectivity index (χ0n) is 18.8. The van der Waals surface area contributed by atoms with E-state index >= 15 is 0 Å². The van der Waals surface area contributed by atoms with Gasteiger partial charge in [0.15, 0.2) is 0 Å². The van der Waals surface area contributed by atoms with Crippen LogP contribution in [0.3, 0.4) is 0 Å². The van der Waals surface area contributed by atoms with Crippen molar-refractivity contribution in [2.24, 2.45) is 5.92 Å². The van der Waals surface area contributed by atoms with Crippen LogP contribution in [-0.4, -0.2) is 24.3 Å². The Balaban J connectivity index is 2.63. The fourth-order valence-electron chi connectivity index (χ4n) is 3.87. The largest absolute Gasteiger partial charge is 0.343 e. The summed E-state index contributed by atoms with van der Waals surface area (Å²) in [6, 6.07) is 1.42. The lowest BCUT2D eigenvalue weighted by molar-refractivity contribution is -0.385. The molecule has 3 nitrogen and oxygen atoms in total. The van der Waals surface area contributed by atoms with Gasteiger partial charge in [0.05, 0.1) is 0 Å². The summed E-state index contributed by atoms with van der Waals surface area (Å²) in [7, 11) is 0. The lowest BCUT2D eigenvalue weighted by Gasteiger charge is -2.35. The Hall–Kier alpha value is -1.11. The summed E-state index contributed by atoms with van der Waals surface area (Å²) in [5, 5.41) is 10.9. The molecule has 0 heterocycles. The van der Waals surface area contributed by atoms with Crippen molar-refractivity contribution >= 4 is 0 Å². The highest BCUT2D eigenvalue weighted by Crippen LogP contribution is 2.31. The van der Waals surface area contributed by atoms with Crippen LogP contribution in [-0.2, 0) is 15.9 Å². The molecule has 6 heteroatoms. The highest BCUT2D eigenvalue weighted by Gasteiger charge is 2.38. The van der Waals surface area contributed by atoms with Crippen LogP contribution in [0.1, 0.15) is 90.5 Å². The Kier molecular flexibility index (Phi) is 13.3. The molecule has 0 amide bonds. The second kappa shape index (κ2) is 14.8. The smallest absolute Gasteiger partial charge is 0.283 e. The highest BCUT2D eigenvalue weighted by molar-refractivity contribution is 5.20. The van der Waals surface area contributed by atoms with E-state index in [4.69, 9.17) is 9.47 Å². The Morgan fingerprint density at radius 2 is 1.30 bits per heavy atom. The predicted molar refractivity (Wildman–Crippen MR) is 114 cm³/mol. The number of aliphatic hydroxyl groups is 1. The normalized spacial score (nSPS) is 13.0. The van der Waals surface area contributed by atoms with E-state index in [1.54, 1.807) is 0 Å². The maximum Gasteiger partial charge on any atom is 0.283 e. The van der Waals surface area contributed by atoms with Crippen molar-refractivity contribution in [2.75, 3.05) is 13.2 Å². The van der Waals surface area contributed by atoms with Crippen molar-refractivity contribution in [3.63, 3.8) is 0 Å². The molecule has 0 bridgehead atoms. The molecule has 0 fully saturated rings. The second-order valence-electron chi connectivity index (χ2n) is 7.84. The monoisotopic (exact) mass is 432 g/mol. The molecule has 0 aliphatic heterocycles. The molecule has 30 heavy (non-hydrogen) atoms. The molecule has 0 aliphatic rings. The number of ether oxygens (including phenoxy) is 2. The fraction of sp³-hybridized carbons (Fsp3) is 0.750. The summed E-state index contributed by atoms with van der Waals surface area (Å²) in [6.07, 6.45) is 9.65. The van der Waals surface area contributed by atoms with E-state index < -0.39 is 23.4 Å². The summed E-state index contributed by atoms with van der Waals surface area (Å²) < 4.78 is 51.8. The van der Waals surface area contributed by atoms with Gasteiger partial charge in [-0.15, -0.1) is 0 Å². The zero-order valence-corrected chi connectivity index (χ0v) is 18.8. The van der Waals surface area contributed by atoms with Gasteiger partial charge in [-0.1, -0.05) is 51.9 Å². The number of benzene rings is 1. The van der Waals surface area contributed by atoms with E-state index in [0.29, 0.717) is 44.6 Å². The van der Waals surface area contributed by atoms with Gasteiger partial charge in [-0.3, -0.25) is 0 Å². The maximum absolute atomic E-state index is 13.8. The minimum atomic E-state index is -1.64. The first-order valence-corrected chi connectivity index (χ1v) is 11.5. The van der Waals surface area contributed by atoms with E-state index in [0.717, 1.165) is 19.3 Å². The molecule has 1 atom stereocenters. The van der Waals surface area contributed by atoms with Crippen LogP contribution < -0.4 is 0 Å². The molecule has 0 spiro atoms. The number of unbranched alkanes of at least 4 members (excludes halogenated alkanes) is 6. The summed E-state index contributed by atoms with van der Waals surface area (Å²) in [6.45, 7) is 6.47. The van der Waals surface area contributed by atoms with Crippen LogP contribution >= 0.6 is 0 Å². The van der Waals surface area contributed by atoms with Gasteiger partial charge in [-0.05, 0) is 39.5 Å². The quantitative estimate of drug-likeness (QED) is 0.215. The SMILES string of the molecule is CCCCCCCCC(CCCCc1c(F)cc(F)cc1F)C(O)(OCC)OCC. The molecule has 0 saturated heterocycles. The third kappa shape index (κ3) is 9.36. The van der Waals surface area contributed by atoms with E-state index in [1.165, 1.54) is 25.7 Å². The number of halogens is 3. The number of rotatable bonds is 17. The molecule has 0 saturated carbocycles. The van der Waals surface area contributed by atoms with Gasteiger partial charge in [-0.25, -0.2) is 13.2 Å². The topological polar surface area (TPSA) is 38.7 Å². The highest BCUT2D eigenvalue weighted by atomic mass is 19.1. The maximum atomic E-state index is 13.8. The van der Waals surface area contributed by atoms with Crippen molar-refractivity contribution in [2.45, 2.75) is 97.4 Å². The van der Waals surface area contributed by atoms with Crippen molar-refractivity contribution in [3.8, 4) is 0 Å². The van der Waals surface area contributed by atoms with Crippen molar-refractivity contribution in [1.82, 2.24) is 0 Å². The van der Waals surface area contributed by atoms with Crippen LogP contribution in [0.2, 0.25) is 0 Å². The van der Waals surface area contributed by atoms with Crippen LogP contribution in [0.15, 0.2) is 12.1 Å². The minimum absolute atomic E-state index is 0.0891. The first-order chi connectivity index (χ1) is 14.4. The van der Waals surface area contributed by atoms with Gasteiger partial charge in [-0.2, -0.15) is 0 Å². The van der Waals surface area contributed by atoms with Crippen LogP contribution in [0, 0.1) is 23.4 Å². The van der Waals surface area contributed by atoms with Crippen LogP contribution in [0.4, 0.5) is 13.2 Å². The van der Waals surface area contributed by atoms with Gasteiger partial charge < -0.3 is 14.6 Å². The third-order valence-electron chi connectivity index (χ3n) is 5.46. The average Bonchev–Trinajstić information content (AvgIpc) is 2.67. The van der Waals surface area contributed by atoms with Crippen molar-refractivity contribution < 1.29 is 27.8 Å². The Morgan fingerprint density at radius 1 is 0.800 bits per heavy atom. The molecule has 0 aliphatic carbocycles. The first kappa shape index (κ1) is 26.9. The lowest BCUT2D eigenvalue weighted by atomic mass is 9.91. The van der Waals surface area contributed by atoms with Gasteiger partial charge in [0.25, 0.3) is 5.97 Å². The minimum Gasteiger partial charge on any atom is -0.343 e. The van der Waals surface area contributed by atoms with Gasteiger partial charge >= 0.3 is 0 Å². The van der Waals surface area contributed by atoms with E-state index in [9.17, 15) is 18.3 Å². The summed E-state index contributed by atoms with van der Waals surface area (Å²) in [4.78, 5) is 0. The Bertz CT molecular complexity index is 566. The zero-order chi connectivity index (χ0) is 22.4. The summed E-state index contributed by atoms with van der Waals surface area (Å²) in [5.41, 5.74) is -0.0891. The van der Waals surface area contributed by atoms with Crippen molar-refractivity contribution in [3.05, 3.63) is 35.1 Å². The summed E-state index contributed by atoms with van der Waals surface area (Å²) in [5.74, 6) is -4.47. The van der Waals surface area contributed by atoms with Gasteiger partial charge in [0, 0.05) is 36.8 Å². The van der Waals surface area contributed by atoms with E-state index in [1.807, 2.05) is 13.8 Å². The standard InChI is InChI=1S/C24H39F3O3/c1-4-7-8-9-10-11-14-19(24(28,29-5-2)30-6-3)15-12-13-16-21-22(26)17-20(25)18-23(21)27/h17-19,28H,4-16H2,1-3H3. The molecular weight excluding hydrogens is 393 g/mol. The predicted octanol–water partition coefficient (Wildman–Crippen LogP) is 6.90. The molecular formula is C24H39F3O3. The van der Waals surface area contributed by atoms with Crippen LogP contribution in [0.5, 0.6) is 0 Å². The van der Waals surface area contributed by atoms with Crippen molar-refractivity contribution in [1.29, 1.82) is 0 Å². The van der Waals surface area contributed by atoms with E-state index in [-0.39, 0.29) is 17.9 Å². The lowest BCUT2D eigenvalue weighted by Crippen LogP contribution is -2.44. The fourth-order valence-corrected chi connectivity index (χ4v) is 3.87. The molecule has 1 aromatic rings. The van der Waals surface area contributed by atoms with E-state index in [2.05, 4.69) is 6.92 Å². The summed E-state index contributed by atoms with van der Waals surface area (Å²) >= 11 is 0. The molecule has 1 aromatic carbocycles. The Labute approximate surface area is 180 Å². The molecule has 0 aromatic heterocycles. The molecule has 0 radical (unpaired) electrons. The number of hydrogen-bond acceptors (Lipinski definition) is 3. The van der Waals surface area contributed by atoms with Crippen LogP contribution in [0.25, 0.3) is 0 Å². The molecule has 1 N–H and O–H groups in total. The van der Waals surface area contributed by atoms with Gasteiger partial charge in [0.1, 0.15) is 17.5 Å². The first-order valence-electron chi connectivity index (χ1n) is 11.5. The Morgan fingerprint density at radius 3 is 1.83 bits per heavy atom. The third-order valence-corrected chi connectivity index (χ3v) is 5.46. The second-order valence-corrected chi connectivity index (χ2v) is 7.84. The van der Waals surface area contributed by atoms with Gasteiger partial charge in [0.2, 0.25) is 0 Å². The molecule has 1 rings (SSSR count). The molecule has 1 unspecified atom stereocenters. The molecule has 174 valence electrons.